The summed E-state index contributed by atoms with van der Waals surface area (Å²) in [6.45, 7) is 3.02. The van der Waals surface area contributed by atoms with Gasteiger partial charge in [-0.05, 0) is 17.7 Å². The van der Waals surface area contributed by atoms with E-state index in [1.54, 1.807) is 18.2 Å². The van der Waals surface area contributed by atoms with Gasteiger partial charge in [-0.15, -0.1) is 0 Å². The summed E-state index contributed by atoms with van der Waals surface area (Å²) in [5.41, 5.74) is 0.0323. The van der Waals surface area contributed by atoms with Crippen LogP contribution in [-0.4, -0.2) is 63.6 Å². The highest BCUT2D eigenvalue weighted by Crippen LogP contribution is 2.37. The van der Waals surface area contributed by atoms with Gasteiger partial charge >= 0.3 is 5.97 Å². The summed E-state index contributed by atoms with van der Waals surface area (Å²) in [5.74, 6) is -0.446. The zero-order valence-electron chi connectivity index (χ0n) is 17.9. The largest absolute Gasteiger partial charge is 0.502 e. The molecular weight excluding hydrogens is 406 g/mol. The van der Waals surface area contributed by atoms with Gasteiger partial charge in [-0.1, -0.05) is 6.07 Å². The van der Waals surface area contributed by atoms with Crippen LogP contribution >= 0.6 is 0 Å². The van der Waals surface area contributed by atoms with E-state index < -0.39 is 23.1 Å². The molecule has 0 bridgehead atoms. The molecule has 0 unspecified atom stereocenters. The van der Waals surface area contributed by atoms with Crippen molar-refractivity contribution in [2.24, 2.45) is 0 Å². The lowest BCUT2D eigenvalue weighted by molar-refractivity contribution is -0.140. The highest BCUT2D eigenvalue weighted by Gasteiger charge is 2.28. The van der Waals surface area contributed by atoms with E-state index in [0.717, 1.165) is 0 Å². The van der Waals surface area contributed by atoms with Gasteiger partial charge in [0.15, 0.2) is 17.3 Å². The van der Waals surface area contributed by atoms with Gasteiger partial charge in [0.05, 0.1) is 53.4 Å². The second kappa shape index (κ2) is 10.3. The summed E-state index contributed by atoms with van der Waals surface area (Å²) >= 11 is 0. The molecule has 0 radical (unpaired) electrons. The summed E-state index contributed by atoms with van der Waals surface area (Å²) in [6.07, 6.45) is -0.135. The molecule has 1 saturated heterocycles. The minimum absolute atomic E-state index is 0.00776. The smallest absolute Gasteiger partial charge is 0.306 e. The Morgan fingerprint density at radius 2 is 1.84 bits per heavy atom. The van der Waals surface area contributed by atoms with E-state index in [2.05, 4.69) is 4.90 Å². The molecule has 0 aliphatic carbocycles. The van der Waals surface area contributed by atoms with Gasteiger partial charge in [0.25, 0.3) is 0 Å². The minimum Gasteiger partial charge on any atom is -0.502 e. The van der Waals surface area contributed by atoms with E-state index >= 15 is 0 Å². The molecule has 168 valence electrons. The van der Waals surface area contributed by atoms with Gasteiger partial charge in [-0.25, -0.2) is 0 Å². The van der Waals surface area contributed by atoms with Crippen LogP contribution in [0.3, 0.4) is 0 Å². The molecule has 0 amide bonds. The predicted molar refractivity (Wildman–Crippen MR) is 111 cm³/mol. The highest BCUT2D eigenvalue weighted by atomic mass is 16.5. The molecule has 9 heteroatoms. The molecule has 3 rings (SSSR count). The molecule has 1 atom stereocenters. The van der Waals surface area contributed by atoms with Gasteiger partial charge in [0, 0.05) is 19.2 Å². The van der Waals surface area contributed by atoms with Crippen LogP contribution in [0, 0.1) is 0 Å². The molecular formula is C22H27NO8. The quantitative estimate of drug-likeness (QED) is 0.624. The number of morpholine rings is 1. The monoisotopic (exact) mass is 433 g/mol. The van der Waals surface area contributed by atoms with Crippen LogP contribution in [-0.2, 0) is 20.8 Å². The van der Waals surface area contributed by atoms with Crippen molar-refractivity contribution in [3.63, 3.8) is 0 Å². The normalized spacial score (nSPS) is 15.3. The molecule has 2 aromatic rings. The van der Waals surface area contributed by atoms with E-state index in [4.69, 9.17) is 23.4 Å². The molecule has 0 saturated carbocycles. The average Bonchev–Trinajstić information content (AvgIpc) is 2.80. The number of aromatic hydroxyl groups is 1. The summed E-state index contributed by atoms with van der Waals surface area (Å²) < 4.78 is 26.8. The lowest BCUT2D eigenvalue weighted by Gasteiger charge is -2.26. The number of benzene rings is 1. The Morgan fingerprint density at radius 1 is 1.13 bits per heavy atom. The average molecular weight is 433 g/mol. The Kier molecular flexibility index (Phi) is 7.54. The van der Waals surface area contributed by atoms with Crippen molar-refractivity contribution in [1.82, 2.24) is 4.90 Å². The third-order valence-corrected chi connectivity index (χ3v) is 5.21. The first-order chi connectivity index (χ1) is 15.0. The Morgan fingerprint density at radius 3 is 2.48 bits per heavy atom. The molecule has 0 spiro atoms. The third kappa shape index (κ3) is 5.36. The molecule has 9 nitrogen and oxygen atoms in total. The van der Waals surface area contributed by atoms with Gasteiger partial charge in [-0.3, -0.25) is 14.5 Å². The molecule has 1 fully saturated rings. The Labute approximate surface area is 180 Å². The maximum absolute atomic E-state index is 12.5. The van der Waals surface area contributed by atoms with Crippen molar-refractivity contribution < 1.29 is 33.3 Å². The third-order valence-electron chi connectivity index (χ3n) is 5.21. The van der Waals surface area contributed by atoms with Crippen molar-refractivity contribution in [1.29, 1.82) is 0 Å². The van der Waals surface area contributed by atoms with Crippen LogP contribution in [0.5, 0.6) is 17.2 Å². The van der Waals surface area contributed by atoms with Gasteiger partial charge < -0.3 is 28.5 Å². The Bertz CT molecular complexity index is 964. The van der Waals surface area contributed by atoms with Gasteiger partial charge in [0.2, 0.25) is 11.2 Å². The zero-order valence-corrected chi connectivity index (χ0v) is 17.9. The van der Waals surface area contributed by atoms with Crippen LogP contribution in [0.4, 0.5) is 0 Å². The van der Waals surface area contributed by atoms with Crippen LogP contribution < -0.4 is 14.9 Å². The first-order valence-electron chi connectivity index (χ1n) is 9.91. The fraction of sp³-hybridized carbons (Fsp3) is 0.455. The van der Waals surface area contributed by atoms with Crippen molar-refractivity contribution in [3.05, 3.63) is 51.6 Å². The number of carbonyl (C=O) groups excluding carboxylic acids is 1. The summed E-state index contributed by atoms with van der Waals surface area (Å²) in [7, 11) is 4.29. The zero-order chi connectivity index (χ0) is 22.4. The molecule has 31 heavy (non-hydrogen) atoms. The first-order valence-corrected chi connectivity index (χ1v) is 9.91. The molecule has 1 aliphatic heterocycles. The van der Waals surface area contributed by atoms with E-state index in [-0.39, 0.29) is 12.2 Å². The second-order valence-electron chi connectivity index (χ2n) is 7.13. The maximum Gasteiger partial charge on any atom is 0.306 e. The number of rotatable bonds is 8. The Hall–Kier alpha value is -3.04. The van der Waals surface area contributed by atoms with Crippen LogP contribution in [0.25, 0.3) is 0 Å². The number of hydrogen-bond acceptors (Lipinski definition) is 9. The highest BCUT2D eigenvalue weighted by molar-refractivity contribution is 5.71. The number of carbonyl (C=O) groups is 1. The predicted octanol–water partition coefficient (Wildman–Crippen LogP) is 1.89. The van der Waals surface area contributed by atoms with Crippen molar-refractivity contribution in [3.8, 4) is 17.2 Å². The van der Waals surface area contributed by atoms with Crippen LogP contribution in [0.15, 0.2) is 33.5 Å². The topological polar surface area (TPSA) is 108 Å². The molecule has 1 aliphatic rings. The van der Waals surface area contributed by atoms with Gasteiger partial charge in [0.1, 0.15) is 5.76 Å². The van der Waals surface area contributed by atoms with E-state index in [1.165, 1.54) is 27.4 Å². The summed E-state index contributed by atoms with van der Waals surface area (Å²) in [4.78, 5) is 26.7. The number of methoxy groups -OCH3 is 3. The number of nitrogens with zero attached hydrogens (tertiary/aromatic N) is 1. The number of hydrogen-bond donors (Lipinski definition) is 1. The van der Waals surface area contributed by atoms with E-state index in [1.807, 2.05) is 0 Å². The summed E-state index contributed by atoms with van der Waals surface area (Å²) in [5, 5.41) is 10.5. The SMILES string of the molecule is COC(=O)C[C@H](c1ccc(OC)c(OC)c1)c1oc(CN2CCOCC2)cc(=O)c1O. The number of ether oxygens (including phenoxy) is 4. The minimum atomic E-state index is -0.760. The van der Waals surface area contributed by atoms with Crippen LogP contribution in [0.2, 0.25) is 0 Å². The molecule has 1 aromatic carbocycles. The van der Waals surface area contributed by atoms with Gasteiger partial charge in [-0.2, -0.15) is 0 Å². The fourth-order valence-corrected chi connectivity index (χ4v) is 3.53. The second-order valence-corrected chi connectivity index (χ2v) is 7.13. The van der Waals surface area contributed by atoms with Crippen molar-refractivity contribution >= 4 is 5.97 Å². The molecule has 1 N–H and O–H groups in total. The number of esters is 1. The van der Waals surface area contributed by atoms with E-state index in [9.17, 15) is 14.7 Å². The van der Waals surface area contributed by atoms with Crippen molar-refractivity contribution in [2.75, 3.05) is 47.6 Å². The van der Waals surface area contributed by atoms with Crippen LogP contribution in [0.1, 0.15) is 29.4 Å². The maximum atomic E-state index is 12.5. The standard InChI is InChI=1S/C22H27NO8/c1-27-18-5-4-14(10-19(18)28-2)16(12-20(25)29-3)22-21(26)17(24)11-15(31-22)13-23-6-8-30-9-7-23/h4-5,10-11,16,26H,6-9,12-13H2,1-3H3/t16-/m1/s1. The lowest BCUT2D eigenvalue weighted by Crippen LogP contribution is -2.35. The van der Waals surface area contributed by atoms with E-state index in [0.29, 0.717) is 55.7 Å². The first kappa shape index (κ1) is 22.6. The summed E-state index contributed by atoms with van der Waals surface area (Å²) in [6, 6.07) is 6.37. The molecule has 1 aromatic heterocycles. The molecule has 2 heterocycles. The van der Waals surface area contributed by atoms with Crippen molar-refractivity contribution in [2.45, 2.75) is 18.9 Å². The Balaban J connectivity index is 2.04. The fourth-order valence-electron chi connectivity index (χ4n) is 3.53. The lowest BCUT2D eigenvalue weighted by atomic mass is 9.91.